The van der Waals surface area contributed by atoms with Gasteiger partial charge in [0.15, 0.2) is 5.58 Å². The van der Waals surface area contributed by atoms with Crippen LogP contribution in [0.5, 0.6) is 0 Å². The van der Waals surface area contributed by atoms with Gasteiger partial charge < -0.3 is 14.8 Å². The van der Waals surface area contributed by atoms with Crippen molar-refractivity contribution in [3.63, 3.8) is 0 Å². The first-order chi connectivity index (χ1) is 10.2. The van der Waals surface area contributed by atoms with E-state index in [0.29, 0.717) is 5.22 Å². The molecule has 0 unspecified atom stereocenters. The van der Waals surface area contributed by atoms with Gasteiger partial charge in [-0.05, 0) is 25.0 Å². The van der Waals surface area contributed by atoms with Crippen LogP contribution in [-0.4, -0.2) is 33.9 Å². The summed E-state index contributed by atoms with van der Waals surface area (Å²) in [5.41, 5.74) is 1.10. The molecule has 0 spiro atoms. The van der Waals surface area contributed by atoms with Gasteiger partial charge in [-0.15, -0.1) is 0 Å². The number of oxazole rings is 1. The lowest BCUT2D eigenvalue weighted by molar-refractivity contribution is -0.121. The summed E-state index contributed by atoms with van der Waals surface area (Å²) in [5.74, 6) is 0.160. The van der Waals surface area contributed by atoms with Crippen molar-refractivity contribution >= 4 is 28.8 Å². The van der Waals surface area contributed by atoms with Crippen LogP contribution in [0.15, 0.2) is 33.9 Å². The van der Waals surface area contributed by atoms with E-state index in [0.717, 1.165) is 36.8 Å². The third kappa shape index (κ3) is 3.22. The van der Waals surface area contributed by atoms with E-state index >= 15 is 0 Å². The number of nitrogens with one attached hydrogen (secondary N) is 1. The first kappa shape index (κ1) is 14.4. The number of fused-ring (bicyclic) bond motifs is 1. The van der Waals surface area contributed by atoms with Crippen LogP contribution in [0, 0.1) is 0 Å². The Balaban J connectivity index is 1.58. The van der Waals surface area contributed by atoms with Gasteiger partial charge in [-0.1, -0.05) is 36.7 Å². The van der Waals surface area contributed by atoms with Crippen molar-refractivity contribution in [2.45, 2.75) is 36.4 Å². The third-order valence-corrected chi connectivity index (χ3v) is 4.70. The Morgan fingerprint density at radius 2 is 2.14 bits per heavy atom. The number of aromatic nitrogens is 1. The van der Waals surface area contributed by atoms with E-state index in [1.54, 1.807) is 0 Å². The second-order valence-electron chi connectivity index (χ2n) is 5.43. The summed E-state index contributed by atoms with van der Waals surface area (Å²) in [6, 6.07) is 7.52. The van der Waals surface area contributed by atoms with E-state index in [4.69, 9.17) is 4.42 Å². The summed E-state index contributed by atoms with van der Waals surface area (Å²) in [6.07, 6.45) is 3.81. The van der Waals surface area contributed by atoms with Crippen LogP contribution >= 0.6 is 11.8 Å². The largest absolute Gasteiger partial charge is 0.431 e. The first-order valence-corrected chi connectivity index (χ1v) is 8.10. The zero-order valence-corrected chi connectivity index (χ0v) is 12.5. The molecule has 1 aliphatic rings. The number of thioether (sulfide) groups is 1. The highest BCUT2D eigenvalue weighted by Gasteiger charge is 2.34. The van der Waals surface area contributed by atoms with E-state index < -0.39 is 5.54 Å². The monoisotopic (exact) mass is 306 g/mol. The number of rotatable bonds is 5. The predicted molar refractivity (Wildman–Crippen MR) is 81.2 cm³/mol. The van der Waals surface area contributed by atoms with Gasteiger partial charge in [-0.25, -0.2) is 4.98 Å². The summed E-state index contributed by atoms with van der Waals surface area (Å²) in [4.78, 5) is 16.4. The van der Waals surface area contributed by atoms with Gasteiger partial charge >= 0.3 is 0 Å². The van der Waals surface area contributed by atoms with Gasteiger partial charge in [0.2, 0.25) is 5.91 Å². The summed E-state index contributed by atoms with van der Waals surface area (Å²) in [6.45, 7) is 0.00624. The lowest BCUT2D eigenvalue weighted by Gasteiger charge is -2.27. The molecule has 0 radical (unpaired) electrons. The Labute approximate surface area is 127 Å². The Bertz CT molecular complexity index is 602. The number of aliphatic hydroxyl groups excluding tert-OH is 1. The second kappa shape index (κ2) is 6.07. The topological polar surface area (TPSA) is 75.4 Å². The summed E-state index contributed by atoms with van der Waals surface area (Å²) in [5, 5.41) is 13.0. The molecule has 5 nitrogen and oxygen atoms in total. The molecule has 6 heteroatoms. The maximum atomic E-state index is 12.0. The minimum atomic E-state index is -0.418. The van der Waals surface area contributed by atoms with Crippen molar-refractivity contribution in [1.29, 1.82) is 0 Å². The molecule has 1 heterocycles. The van der Waals surface area contributed by atoms with Gasteiger partial charge in [0.25, 0.3) is 5.22 Å². The number of carbonyl (C=O) groups excluding carboxylic acids is 1. The third-order valence-electron chi connectivity index (χ3n) is 3.87. The predicted octanol–water partition coefficient (Wildman–Crippen LogP) is 2.34. The fourth-order valence-corrected chi connectivity index (χ4v) is 3.38. The number of aliphatic hydroxyl groups is 1. The number of benzene rings is 1. The maximum absolute atomic E-state index is 12.0. The van der Waals surface area contributed by atoms with Crippen molar-refractivity contribution in [2.24, 2.45) is 0 Å². The molecule has 0 bridgehead atoms. The smallest absolute Gasteiger partial charge is 0.257 e. The minimum Gasteiger partial charge on any atom is -0.431 e. The van der Waals surface area contributed by atoms with Crippen molar-refractivity contribution in [3.8, 4) is 0 Å². The van der Waals surface area contributed by atoms with Gasteiger partial charge in [0, 0.05) is 0 Å². The summed E-state index contributed by atoms with van der Waals surface area (Å²) >= 11 is 1.28. The first-order valence-electron chi connectivity index (χ1n) is 7.11. The molecule has 1 aromatic carbocycles. The van der Waals surface area contributed by atoms with Crippen LogP contribution in [0.2, 0.25) is 0 Å². The zero-order valence-electron chi connectivity index (χ0n) is 11.7. The molecule has 1 saturated carbocycles. The van der Waals surface area contributed by atoms with Gasteiger partial charge in [0.05, 0.1) is 17.9 Å². The minimum absolute atomic E-state index is 0.00624. The van der Waals surface area contributed by atoms with Gasteiger partial charge in [0.1, 0.15) is 5.52 Å². The molecular weight excluding hydrogens is 288 g/mol. The molecule has 3 rings (SSSR count). The van der Waals surface area contributed by atoms with Crippen LogP contribution < -0.4 is 5.32 Å². The van der Waals surface area contributed by atoms with Crippen LogP contribution in [0.4, 0.5) is 0 Å². The van der Waals surface area contributed by atoms with Crippen LogP contribution in [0.25, 0.3) is 11.1 Å². The van der Waals surface area contributed by atoms with Crippen LogP contribution in [-0.2, 0) is 4.79 Å². The molecule has 2 N–H and O–H groups in total. The van der Waals surface area contributed by atoms with E-state index in [1.807, 2.05) is 24.3 Å². The van der Waals surface area contributed by atoms with Crippen molar-refractivity contribution in [3.05, 3.63) is 24.3 Å². The molecule has 1 fully saturated rings. The van der Waals surface area contributed by atoms with Crippen LogP contribution in [0.3, 0.4) is 0 Å². The highest BCUT2D eigenvalue weighted by molar-refractivity contribution is 7.99. The van der Waals surface area contributed by atoms with E-state index in [2.05, 4.69) is 10.3 Å². The molecule has 0 atom stereocenters. The maximum Gasteiger partial charge on any atom is 0.257 e. The fraction of sp³-hybridized carbons (Fsp3) is 0.467. The molecule has 0 saturated heterocycles. The van der Waals surface area contributed by atoms with E-state index in [1.165, 1.54) is 11.8 Å². The second-order valence-corrected chi connectivity index (χ2v) is 6.36. The lowest BCUT2D eigenvalue weighted by atomic mass is 9.99. The molecule has 1 aliphatic carbocycles. The Hall–Kier alpha value is -1.53. The van der Waals surface area contributed by atoms with Gasteiger partial charge in [-0.3, -0.25) is 4.79 Å². The molecule has 2 aromatic rings. The molecule has 1 amide bonds. The molecule has 0 aliphatic heterocycles. The zero-order chi connectivity index (χ0) is 14.7. The molecule has 1 aromatic heterocycles. The number of amides is 1. The number of hydrogen-bond acceptors (Lipinski definition) is 5. The number of hydrogen-bond donors (Lipinski definition) is 2. The highest BCUT2D eigenvalue weighted by atomic mass is 32.2. The Morgan fingerprint density at radius 3 is 2.86 bits per heavy atom. The summed E-state index contributed by atoms with van der Waals surface area (Å²) in [7, 11) is 0. The quantitative estimate of drug-likeness (QED) is 0.829. The molecule has 112 valence electrons. The SMILES string of the molecule is O=C(CSc1nc2ccccc2o1)NC1(CO)CCCC1. The normalized spacial score (nSPS) is 17.2. The van der Waals surface area contributed by atoms with Crippen molar-refractivity contribution < 1.29 is 14.3 Å². The average molecular weight is 306 g/mol. The van der Waals surface area contributed by atoms with Crippen molar-refractivity contribution in [2.75, 3.05) is 12.4 Å². The van der Waals surface area contributed by atoms with Crippen LogP contribution in [0.1, 0.15) is 25.7 Å². The van der Waals surface area contributed by atoms with E-state index in [9.17, 15) is 9.90 Å². The summed E-state index contributed by atoms with van der Waals surface area (Å²) < 4.78 is 5.56. The number of nitrogens with zero attached hydrogens (tertiary/aromatic N) is 1. The number of para-hydroxylation sites is 2. The highest BCUT2D eigenvalue weighted by Crippen LogP contribution is 2.29. The Kier molecular flexibility index (Phi) is 4.17. The van der Waals surface area contributed by atoms with Gasteiger partial charge in [-0.2, -0.15) is 0 Å². The standard InChI is InChI=1S/C15H18N2O3S/c18-10-15(7-3-4-8-15)17-13(19)9-21-14-16-11-5-1-2-6-12(11)20-14/h1-2,5-6,18H,3-4,7-10H2,(H,17,19). The average Bonchev–Trinajstić information content (AvgIpc) is 3.11. The lowest BCUT2D eigenvalue weighted by Crippen LogP contribution is -2.49. The van der Waals surface area contributed by atoms with E-state index in [-0.39, 0.29) is 18.3 Å². The fourth-order valence-electron chi connectivity index (χ4n) is 2.75. The molecule has 21 heavy (non-hydrogen) atoms. The molecular formula is C15H18N2O3S. The Morgan fingerprint density at radius 1 is 1.38 bits per heavy atom. The number of carbonyl (C=O) groups is 1. The van der Waals surface area contributed by atoms with Crippen molar-refractivity contribution in [1.82, 2.24) is 10.3 Å².